The van der Waals surface area contributed by atoms with E-state index in [0.29, 0.717) is 11.4 Å². The average Bonchev–Trinajstić information content (AvgIpc) is 2.30. The Kier molecular flexibility index (Phi) is 4.93. The van der Waals surface area contributed by atoms with Crippen LogP contribution in [0.15, 0.2) is 60.7 Å². The molecule has 0 saturated heterocycles. The smallest absolute Gasteiger partial charge is 0.268 e. The summed E-state index contributed by atoms with van der Waals surface area (Å²) in [6, 6.07) is 18.4. The molecule has 0 aliphatic rings. The zero-order valence-corrected chi connectivity index (χ0v) is 11.4. The van der Waals surface area contributed by atoms with Gasteiger partial charge in [0.1, 0.15) is 0 Å². The summed E-state index contributed by atoms with van der Waals surface area (Å²) < 4.78 is 13.5. The summed E-state index contributed by atoms with van der Waals surface area (Å²) in [4.78, 5) is 0. The van der Waals surface area contributed by atoms with E-state index in [1.165, 1.54) is 4.67 Å². The van der Waals surface area contributed by atoms with Crippen molar-refractivity contribution >= 4 is 31.4 Å². The highest BCUT2D eigenvalue weighted by Gasteiger charge is 2.23. The number of hydrogen-bond acceptors (Lipinski definition) is 1. The van der Waals surface area contributed by atoms with Crippen LogP contribution in [-0.2, 0) is 4.57 Å². The van der Waals surface area contributed by atoms with Gasteiger partial charge in [-0.3, -0.25) is 20.2 Å². The van der Waals surface area contributed by atoms with Gasteiger partial charge in [0.25, 0.3) is 0 Å². The largest absolute Gasteiger partial charge is 0.305 e. The molecule has 0 saturated carbocycles. The summed E-state index contributed by atoms with van der Waals surface area (Å²) in [5.41, 5.74) is 12.6. The zero-order chi connectivity index (χ0) is 12.3. The third-order valence-corrected chi connectivity index (χ3v) is 3.40. The second-order valence-electron chi connectivity index (χ2n) is 3.66. The fraction of sp³-hybridized carbons (Fsp3) is 0. The second kappa shape index (κ2) is 6.03. The van der Waals surface area contributed by atoms with E-state index in [1.807, 2.05) is 60.7 Å². The Morgan fingerprint density at radius 3 is 1.39 bits per heavy atom. The number of nitrogens with two attached hydrogens (primary N) is 2. The average molecular weight is 284 g/mol. The zero-order valence-electron chi connectivity index (χ0n) is 9.64. The molecule has 0 unspecified atom stereocenters. The van der Waals surface area contributed by atoms with Crippen LogP contribution in [0.1, 0.15) is 0 Å². The van der Waals surface area contributed by atoms with Gasteiger partial charge >= 0.3 is 7.59 Å². The minimum Gasteiger partial charge on any atom is -0.268 e. The molecular weight excluding hydrogens is 269 g/mol. The Balaban J connectivity index is 0.00000162. The highest BCUT2D eigenvalue weighted by molar-refractivity contribution is 7.61. The summed E-state index contributed by atoms with van der Waals surface area (Å²) in [6.45, 7) is 0. The molecule has 4 nitrogen and oxygen atoms in total. The Bertz CT molecular complexity index is 490. The van der Waals surface area contributed by atoms with Crippen LogP contribution in [0.4, 0.5) is 11.4 Å². The maximum Gasteiger partial charge on any atom is 0.305 e. The molecule has 0 aliphatic carbocycles. The van der Waals surface area contributed by atoms with Crippen LogP contribution in [0.2, 0.25) is 0 Å². The normalized spacial score (nSPS) is 10.6. The monoisotopic (exact) mass is 283 g/mol. The standard InChI is InChI=1S/C12H14N3OP.ClH/c13-17(14,16)15(11-7-3-1-4-8-11)12-9-5-2-6-10-12;/h1-10H,(H4,13,14,16);1H. The van der Waals surface area contributed by atoms with Gasteiger partial charge in [0.2, 0.25) is 0 Å². The molecule has 6 heteroatoms. The van der Waals surface area contributed by atoms with Crippen LogP contribution in [-0.4, -0.2) is 0 Å². The van der Waals surface area contributed by atoms with Gasteiger partial charge in [-0.15, -0.1) is 12.4 Å². The number of rotatable bonds is 3. The molecule has 0 radical (unpaired) electrons. The summed E-state index contributed by atoms with van der Waals surface area (Å²) in [5, 5.41) is 0. The van der Waals surface area contributed by atoms with E-state index in [1.54, 1.807) is 0 Å². The topological polar surface area (TPSA) is 72.3 Å². The molecule has 0 amide bonds. The molecule has 2 aromatic carbocycles. The van der Waals surface area contributed by atoms with E-state index in [0.717, 1.165) is 0 Å². The van der Waals surface area contributed by atoms with Gasteiger partial charge in [0.05, 0.1) is 0 Å². The molecule has 96 valence electrons. The molecule has 0 fully saturated rings. The van der Waals surface area contributed by atoms with Crippen LogP contribution in [0.5, 0.6) is 0 Å². The van der Waals surface area contributed by atoms with Crippen molar-refractivity contribution in [2.24, 2.45) is 11.0 Å². The van der Waals surface area contributed by atoms with Gasteiger partial charge in [0, 0.05) is 11.4 Å². The van der Waals surface area contributed by atoms with Crippen molar-refractivity contribution < 1.29 is 4.57 Å². The predicted molar refractivity (Wildman–Crippen MR) is 78.3 cm³/mol. The Morgan fingerprint density at radius 1 is 0.778 bits per heavy atom. The van der Waals surface area contributed by atoms with Crippen LogP contribution in [0, 0.1) is 0 Å². The third kappa shape index (κ3) is 3.34. The van der Waals surface area contributed by atoms with E-state index >= 15 is 0 Å². The molecule has 0 heterocycles. The van der Waals surface area contributed by atoms with E-state index in [9.17, 15) is 4.57 Å². The van der Waals surface area contributed by atoms with Gasteiger partial charge in [-0.2, -0.15) is 0 Å². The summed E-state index contributed by atoms with van der Waals surface area (Å²) in [5.74, 6) is 0. The van der Waals surface area contributed by atoms with Crippen LogP contribution in [0.25, 0.3) is 0 Å². The van der Waals surface area contributed by atoms with Gasteiger partial charge in [-0.25, -0.2) is 0 Å². The second-order valence-corrected chi connectivity index (χ2v) is 5.40. The van der Waals surface area contributed by atoms with Crippen LogP contribution >= 0.6 is 20.0 Å². The summed E-state index contributed by atoms with van der Waals surface area (Å²) in [6.07, 6.45) is 0. The van der Waals surface area contributed by atoms with Crippen molar-refractivity contribution in [3.63, 3.8) is 0 Å². The molecule has 18 heavy (non-hydrogen) atoms. The minimum absolute atomic E-state index is 0. The lowest BCUT2D eigenvalue weighted by Crippen LogP contribution is -2.24. The number of nitrogens with zero attached hydrogens (tertiary/aromatic N) is 1. The molecule has 2 rings (SSSR count). The molecular formula is C12H15ClN3OP. The van der Waals surface area contributed by atoms with Gasteiger partial charge < -0.3 is 0 Å². The molecule has 0 spiro atoms. The minimum atomic E-state index is -3.39. The number of hydrogen-bond donors (Lipinski definition) is 2. The first-order valence-corrected chi connectivity index (χ1v) is 6.97. The summed E-state index contributed by atoms with van der Waals surface area (Å²) in [7, 11) is -3.39. The van der Waals surface area contributed by atoms with Gasteiger partial charge in [-0.1, -0.05) is 36.4 Å². The van der Waals surface area contributed by atoms with E-state index in [-0.39, 0.29) is 12.4 Å². The van der Waals surface area contributed by atoms with Gasteiger partial charge in [-0.05, 0) is 24.3 Å². The lowest BCUT2D eigenvalue weighted by atomic mass is 10.3. The third-order valence-electron chi connectivity index (χ3n) is 2.31. The maximum absolute atomic E-state index is 12.0. The van der Waals surface area contributed by atoms with Crippen molar-refractivity contribution in [1.29, 1.82) is 0 Å². The molecule has 2 aromatic rings. The van der Waals surface area contributed by atoms with Crippen molar-refractivity contribution in [1.82, 2.24) is 0 Å². The number of para-hydroxylation sites is 2. The highest BCUT2D eigenvalue weighted by atomic mass is 35.5. The fourth-order valence-corrected chi connectivity index (χ4v) is 2.64. The first-order valence-electron chi connectivity index (χ1n) is 5.17. The van der Waals surface area contributed by atoms with E-state index in [2.05, 4.69) is 0 Å². The first-order chi connectivity index (χ1) is 8.09. The van der Waals surface area contributed by atoms with Crippen molar-refractivity contribution in [3.05, 3.63) is 60.7 Å². The number of benzene rings is 2. The van der Waals surface area contributed by atoms with E-state index < -0.39 is 7.59 Å². The molecule has 0 aromatic heterocycles. The molecule has 4 N–H and O–H groups in total. The Labute approximate surface area is 113 Å². The fourth-order valence-electron chi connectivity index (χ4n) is 1.65. The molecule has 0 aliphatic heterocycles. The van der Waals surface area contributed by atoms with Gasteiger partial charge in [0.15, 0.2) is 0 Å². The SMILES string of the molecule is Cl.NP(N)(=O)N(c1ccccc1)c1ccccc1. The molecule has 0 bridgehead atoms. The lowest BCUT2D eigenvalue weighted by Gasteiger charge is -2.27. The van der Waals surface area contributed by atoms with Crippen molar-refractivity contribution in [2.45, 2.75) is 0 Å². The molecule has 0 atom stereocenters. The Hall–Kier alpha value is -1.32. The lowest BCUT2D eigenvalue weighted by molar-refractivity contribution is 0.576. The summed E-state index contributed by atoms with van der Waals surface area (Å²) >= 11 is 0. The number of halogens is 1. The van der Waals surface area contributed by atoms with Crippen molar-refractivity contribution in [2.75, 3.05) is 4.67 Å². The van der Waals surface area contributed by atoms with Crippen LogP contribution < -0.4 is 15.7 Å². The Morgan fingerprint density at radius 2 is 1.11 bits per heavy atom. The van der Waals surface area contributed by atoms with E-state index in [4.69, 9.17) is 11.0 Å². The first kappa shape index (κ1) is 14.7. The maximum atomic E-state index is 12.0. The number of anilines is 2. The van der Waals surface area contributed by atoms with Crippen molar-refractivity contribution in [3.8, 4) is 0 Å². The highest BCUT2D eigenvalue weighted by Crippen LogP contribution is 2.43. The quantitative estimate of drug-likeness (QED) is 0.848. The van der Waals surface area contributed by atoms with Crippen LogP contribution in [0.3, 0.4) is 0 Å². The predicted octanol–water partition coefficient (Wildman–Crippen LogP) is 3.27.